The van der Waals surface area contributed by atoms with E-state index in [1.165, 1.54) is 12.1 Å². The Balaban J connectivity index is 1.59. The maximum atomic E-state index is 12.8. The van der Waals surface area contributed by atoms with Crippen LogP contribution in [-0.4, -0.2) is 17.0 Å². The molecule has 0 aliphatic heterocycles. The van der Waals surface area contributed by atoms with Crippen LogP contribution in [0.4, 0.5) is 18.9 Å². The van der Waals surface area contributed by atoms with Crippen LogP contribution in [0.25, 0.3) is 0 Å². The first-order chi connectivity index (χ1) is 11.8. The fraction of sp³-hybridized carbons (Fsp3) is 0.444. The van der Waals surface area contributed by atoms with Crippen LogP contribution in [-0.2, 0) is 15.8 Å². The van der Waals surface area contributed by atoms with Crippen molar-refractivity contribution >= 4 is 17.6 Å². The normalized spacial score (nSPS) is 35.2. The van der Waals surface area contributed by atoms with Crippen LogP contribution in [0.1, 0.15) is 12.0 Å². The summed E-state index contributed by atoms with van der Waals surface area (Å²) in [5.74, 6) is -2.76. The van der Waals surface area contributed by atoms with Crippen molar-refractivity contribution in [1.82, 2.24) is 0 Å². The van der Waals surface area contributed by atoms with Gasteiger partial charge in [0.05, 0.1) is 17.4 Å². The smallest absolute Gasteiger partial charge is 0.416 e. The van der Waals surface area contributed by atoms with Crippen LogP contribution in [0, 0.1) is 35.5 Å². The molecular formula is C18H16F3NO3. The first-order valence-electron chi connectivity index (χ1n) is 8.16. The molecule has 6 unspecified atom stereocenters. The van der Waals surface area contributed by atoms with E-state index in [0.29, 0.717) is 11.8 Å². The Bertz CT molecular complexity index is 773. The van der Waals surface area contributed by atoms with Gasteiger partial charge in [0.1, 0.15) is 0 Å². The first-order valence-corrected chi connectivity index (χ1v) is 8.16. The summed E-state index contributed by atoms with van der Waals surface area (Å²) >= 11 is 0. The van der Waals surface area contributed by atoms with E-state index in [4.69, 9.17) is 0 Å². The molecule has 7 heteroatoms. The number of rotatable bonds is 3. The molecule has 6 atom stereocenters. The van der Waals surface area contributed by atoms with Gasteiger partial charge in [-0.15, -0.1) is 0 Å². The highest BCUT2D eigenvalue weighted by Gasteiger charge is 2.62. The van der Waals surface area contributed by atoms with E-state index in [0.717, 1.165) is 18.6 Å². The number of carbonyl (C=O) groups excluding carboxylic acids is 1. The number of fused-ring (bicyclic) bond motifs is 1. The van der Waals surface area contributed by atoms with Gasteiger partial charge in [0.25, 0.3) is 0 Å². The van der Waals surface area contributed by atoms with Gasteiger partial charge in [0, 0.05) is 5.69 Å². The molecule has 25 heavy (non-hydrogen) atoms. The highest BCUT2D eigenvalue weighted by molar-refractivity contribution is 5.96. The number of nitrogens with one attached hydrogen (secondary N) is 1. The quantitative estimate of drug-likeness (QED) is 0.820. The molecule has 2 bridgehead atoms. The van der Waals surface area contributed by atoms with Gasteiger partial charge in [-0.05, 0) is 48.3 Å². The van der Waals surface area contributed by atoms with Crippen LogP contribution >= 0.6 is 0 Å². The molecule has 132 valence electrons. The average Bonchev–Trinajstić information content (AvgIpc) is 3.35. The lowest BCUT2D eigenvalue weighted by atomic mass is 9.62. The molecule has 0 heterocycles. The number of alkyl halides is 3. The number of hydrogen-bond acceptors (Lipinski definition) is 2. The zero-order chi connectivity index (χ0) is 17.9. The Hall–Kier alpha value is -2.31. The average molecular weight is 351 g/mol. The molecule has 4 nitrogen and oxygen atoms in total. The van der Waals surface area contributed by atoms with Gasteiger partial charge in [-0.25, -0.2) is 0 Å². The van der Waals surface area contributed by atoms with Crippen molar-refractivity contribution in [1.29, 1.82) is 0 Å². The number of halogens is 3. The van der Waals surface area contributed by atoms with Gasteiger partial charge in [-0.2, -0.15) is 13.2 Å². The molecule has 5 rings (SSSR count). The minimum absolute atomic E-state index is 0.0294. The van der Waals surface area contributed by atoms with Gasteiger partial charge in [0.2, 0.25) is 5.91 Å². The first kappa shape index (κ1) is 16.2. The zero-order valence-electron chi connectivity index (χ0n) is 13.0. The van der Waals surface area contributed by atoms with E-state index in [1.807, 2.05) is 12.2 Å². The summed E-state index contributed by atoms with van der Waals surface area (Å²) in [4.78, 5) is 24.4. The minimum Gasteiger partial charge on any atom is -0.481 e. The lowest BCUT2D eigenvalue weighted by Gasteiger charge is -2.41. The maximum absolute atomic E-state index is 12.8. The molecule has 1 aromatic rings. The number of aliphatic carboxylic acids is 1. The zero-order valence-corrected chi connectivity index (χ0v) is 13.0. The van der Waals surface area contributed by atoms with Crippen molar-refractivity contribution in [2.45, 2.75) is 12.6 Å². The van der Waals surface area contributed by atoms with Gasteiger partial charge < -0.3 is 10.4 Å². The van der Waals surface area contributed by atoms with Gasteiger partial charge in [-0.1, -0.05) is 18.2 Å². The van der Waals surface area contributed by atoms with E-state index in [-0.39, 0.29) is 17.5 Å². The van der Waals surface area contributed by atoms with Crippen molar-refractivity contribution in [3.05, 3.63) is 42.0 Å². The second kappa shape index (κ2) is 5.34. The molecule has 0 radical (unpaired) electrons. The summed E-state index contributed by atoms with van der Waals surface area (Å²) in [5, 5.41) is 12.1. The number of carboxylic acid groups (broad SMARTS) is 1. The fourth-order valence-electron chi connectivity index (χ4n) is 4.57. The number of benzene rings is 1. The summed E-state index contributed by atoms with van der Waals surface area (Å²) < 4.78 is 38.4. The highest BCUT2D eigenvalue weighted by Crippen LogP contribution is 2.63. The molecule has 0 aromatic heterocycles. The topological polar surface area (TPSA) is 66.4 Å². The summed E-state index contributed by atoms with van der Waals surface area (Å²) in [5.41, 5.74) is -0.825. The third kappa shape index (κ3) is 2.62. The van der Waals surface area contributed by atoms with Crippen molar-refractivity contribution in [3.63, 3.8) is 0 Å². The van der Waals surface area contributed by atoms with Crippen LogP contribution < -0.4 is 5.32 Å². The second-order valence-corrected chi connectivity index (χ2v) is 7.06. The van der Waals surface area contributed by atoms with Crippen molar-refractivity contribution in [2.24, 2.45) is 35.5 Å². The molecule has 0 saturated heterocycles. The Labute approximate surface area is 141 Å². The summed E-state index contributed by atoms with van der Waals surface area (Å²) in [6.07, 6.45) is 0.220. The van der Waals surface area contributed by atoms with E-state index in [1.54, 1.807) is 0 Å². The molecule has 1 amide bonds. The van der Waals surface area contributed by atoms with Gasteiger partial charge in [0.15, 0.2) is 0 Å². The maximum Gasteiger partial charge on any atom is 0.416 e. The molecule has 2 fully saturated rings. The third-order valence-corrected chi connectivity index (χ3v) is 5.70. The Morgan fingerprint density at radius 3 is 2.32 bits per heavy atom. The van der Waals surface area contributed by atoms with Crippen molar-refractivity contribution in [2.75, 3.05) is 5.32 Å². The van der Waals surface area contributed by atoms with E-state index >= 15 is 0 Å². The Morgan fingerprint density at radius 1 is 1.08 bits per heavy atom. The standard InChI is InChI=1S/C18H16F3NO3/c19-18(20,21)8-2-1-3-9(6-8)22-16(23)14-10-4-5-11(13-7-12(10)13)15(14)17(24)25/h1-6,10-15H,7H2,(H,22,23)(H,24,25). The number of amides is 1. The summed E-state index contributed by atoms with van der Waals surface area (Å²) in [7, 11) is 0. The fourth-order valence-corrected chi connectivity index (χ4v) is 4.57. The van der Waals surface area contributed by atoms with Crippen LogP contribution in [0.5, 0.6) is 0 Å². The van der Waals surface area contributed by atoms with E-state index < -0.39 is 35.5 Å². The third-order valence-electron chi connectivity index (χ3n) is 5.70. The largest absolute Gasteiger partial charge is 0.481 e. The minimum atomic E-state index is -4.50. The molecule has 4 aliphatic carbocycles. The summed E-state index contributed by atoms with van der Waals surface area (Å²) in [6, 6.07) is 4.39. The van der Waals surface area contributed by atoms with Crippen LogP contribution in [0.3, 0.4) is 0 Å². The van der Waals surface area contributed by atoms with Gasteiger partial charge >= 0.3 is 12.1 Å². The monoisotopic (exact) mass is 351 g/mol. The van der Waals surface area contributed by atoms with E-state index in [2.05, 4.69) is 5.32 Å². The molecule has 2 saturated carbocycles. The summed E-state index contributed by atoms with van der Waals surface area (Å²) in [6.45, 7) is 0. The molecular weight excluding hydrogens is 335 g/mol. The SMILES string of the molecule is O=C(O)C1C2C=CC(C3CC23)C1C(=O)Nc1cccc(C(F)(F)F)c1. The van der Waals surface area contributed by atoms with Crippen molar-refractivity contribution in [3.8, 4) is 0 Å². The van der Waals surface area contributed by atoms with Crippen LogP contribution in [0.15, 0.2) is 36.4 Å². The van der Waals surface area contributed by atoms with Gasteiger partial charge in [-0.3, -0.25) is 9.59 Å². The number of carbonyl (C=O) groups is 2. The Kier molecular flexibility index (Phi) is 3.46. The number of allylic oxidation sites excluding steroid dienone is 2. The van der Waals surface area contributed by atoms with Crippen LogP contribution in [0.2, 0.25) is 0 Å². The molecule has 4 aliphatic rings. The number of anilines is 1. The number of carboxylic acids is 1. The van der Waals surface area contributed by atoms with Crippen molar-refractivity contribution < 1.29 is 27.9 Å². The molecule has 2 N–H and O–H groups in total. The number of hydrogen-bond donors (Lipinski definition) is 2. The highest BCUT2D eigenvalue weighted by atomic mass is 19.4. The lowest BCUT2D eigenvalue weighted by Crippen LogP contribution is -2.48. The predicted molar refractivity (Wildman–Crippen MR) is 82.4 cm³/mol. The molecule has 1 aromatic carbocycles. The Morgan fingerprint density at radius 2 is 1.72 bits per heavy atom. The molecule has 0 spiro atoms. The lowest BCUT2D eigenvalue weighted by molar-refractivity contribution is -0.152. The second-order valence-electron chi connectivity index (χ2n) is 7.06. The van der Waals surface area contributed by atoms with E-state index in [9.17, 15) is 27.9 Å². The predicted octanol–water partition coefficient (Wildman–Crippen LogP) is 3.41.